The van der Waals surface area contributed by atoms with Crippen LogP contribution in [0.1, 0.15) is 31.9 Å². The molecule has 1 aromatic carbocycles. The minimum Gasteiger partial charge on any atom is -0.375 e. The van der Waals surface area contributed by atoms with Gasteiger partial charge in [0.15, 0.2) is 0 Å². The van der Waals surface area contributed by atoms with Crippen LogP contribution in [0.25, 0.3) is 0 Å². The molecular formula is C18H31N3O2. The Morgan fingerprint density at radius 2 is 1.87 bits per heavy atom. The molecule has 130 valence electrons. The first-order chi connectivity index (χ1) is 10.9. The number of rotatable bonds is 9. The Hall–Kier alpha value is -1.59. The number of nitrogens with one attached hydrogen (secondary N) is 2. The Balaban J connectivity index is 2.50. The maximum Gasteiger partial charge on any atom is 0.315 e. The fourth-order valence-corrected chi connectivity index (χ4v) is 2.62. The molecular weight excluding hydrogens is 290 g/mol. The van der Waals surface area contributed by atoms with Gasteiger partial charge in [-0.05, 0) is 32.0 Å². The second-order valence-corrected chi connectivity index (χ2v) is 6.58. The number of urea groups is 1. The molecule has 5 heteroatoms. The van der Waals surface area contributed by atoms with Crippen LogP contribution in [-0.2, 0) is 4.74 Å². The van der Waals surface area contributed by atoms with Crippen LogP contribution in [0.2, 0.25) is 0 Å². The maximum atomic E-state index is 12.2. The van der Waals surface area contributed by atoms with E-state index in [1.54, 1.807) is 7.11 Å². The quantitative estimate of drug-likeness (QED) is 0.735. The number of ether oxygens (including phenoxy) is 1. The molecule has 0 bridgehead atoms. The van der Waals surface area contributed by atoms with Crippen LogP contribution in [0, 0.1) is 5.92 Å². The first-order valence-corrected chi connectivity index (χ1v) is 8.19. The highest BCUT2D eigenvalue weighted by Gasteiger charge is 2.16. The van der Waals surface area contributed by atoms with E-state index in [1.807, 2.05) is 44.4 Å². The molecule has 1 aromatic rings. The van der Waals surface area contributed by atoms with Crippen LogP contribution >= 0.6 is 0 Å². The molecule has 0 aliphatic carbocycles. The van der Waals surface area contributed by atoms with Gasteiger partial charge in [-0.2, -0.15) is 0 Å². The number of nitrogens with zero attached hydrogens (tertiary/aromatic N) is 1. The Kier molecular flexibility index (Phi) is 8.66. The van der Waals surface area contributed by atoms with Gasteiger partial charge >= 0.3 is 6.03 Å². The van der Waals surface area contributed by atoms with Gasteiger partial charge in [0.25, 0.3) is 0 Å². The molecule has 2 amide bonds. The lowest BCUT2D eigenvalue weighted by atomic mass is 10.0. The lowest BCUT2D eigenvalue weighted by molar-refractivity contribution is 0.103. The van der Waals surface area contributed by atoms with Crippen molar-refractivity contribution in [2.24, 2.45) is 5.92 Å². The summed E-state index contributed by atoms with van der Waals surface area (Å²) >= 11 is 0. The van der Waals surface area contributed by atoms with Gasteiger partial charge < -0.3 is 20.3 Å². The highest BCUT2D eigenvalue weighted by atomic mass is 16.5. The van der Waals surface area contributed by atoms with Gasteiger partial charge in [-0.3, -0.25) is 0 Å². The van der Waals surface area contributed by atoms with Crippen LogP contribution in [-0.4, -0.2) is 51.3 Å². The van der Waals surface area contributed by atoms with E-state index in [-0.39, 0.29) is 18.2 Å². The van der Waals surface area contributed by atoms with Crippen molar-refractivity contribution in [3.8, 4) is 0 Å². The summed E-state index contributed by atoms with van der Waals surface area (Å²) in [5.74, 6) is 0.538. The molecule has 2 unspecified atom stereocenters. The summed E-state index contributed by atoms with van der Waals surface area (Å²) < 4.78 is 5.47. The van der Waals surface area contributed by atoms with Gasteiger partial charge in [-0.1, -0.05) is 44.2 Å². The fraction of sp³-hybridized carbons (Fsp3) is 0.611. The zero-order valence-electron chi connectivity index (χ0n) is 15.0. The highest BCUT2D eigenvalue weighted by molar-refractivity contribution is 5.74. The molecule has 0 fully saturated rings. The maximum absolute atomic E-state index is 12.2. The Bertz CT molecular complexity index is 439. The third kappa shape index (κ3) is 8.00. The minimum atomic E-state index is -0.143. The van der Waals surface area contributed by atoms with E-state index in [2.05, 4.69) is 29.4 Å². The molecule has 2 atom stereocenters. The first kappa shape index (κ1) is 19.5. The summed E-state index contributed by atoms with van der Waals surface area (Å²) in [6.45, 7) is 5.61. The van der Waals surface area contributed by atoms with Crippen LogP contribution in [0.15, 0.2) is 30.3 Å². The average Bonchev–Trinajstić information content (AvgIpc) is 2.47. The standard InChI is InChI=1S/C18H31N3O2/c1-14(2)11-16(13-21(3)4)20-18(22)19-12-17(23-5)15-9-7-6-8-10-15/h6-10,14,16-17H,11-13H2,1-5H3,(H2,19,20,22). The number of hydrogen-bond acceptors (Lipinski definition) is 3. The summed E-state index contributed by atoms with van der Waals surface area (Å²) in [5.41, 5.74) is 1.06. The summed E-state index contributed by atoms with van der Waals surface area (Å²) in [6, 6.07) is 9.91. The lowest BCUT2D eigenvalue weighted by Crippen LogP contribution is -2.47. The van der Waals surface area contributed by atoms with Crippen molar-refractivity contribution in [1.82, 2.24) is 15.5 Å². The van der Waals surface area contributed by atoms with Gasteiger partial charge in [-0.25, -0.2) is 4.79 Å². The van der Waals surface area contributed by atoms with E-state index in [4.69, 9.17) is 4.74 Å². The Morgan fingerprint density at radius 1 is 1.22 bits per heavy atom. The smallest absolute Gasteiger partial charge is 0.315 e. The van der Waals surface area contributed by atoms with Gasteiger partial charge in [0.2, 0.25) is 0 Å². The predicted molar refractivity (Wildman–Crippen MR) is 94.5 cm³/mol. The third-order valence-electron chi connectivity index (χ3n) is 3.58. The molecule has 1 rings (SSSR count). The van der Waals surface area contributed by atoms with Crippen LogP contribution in [0.4, 0.5) is 4.79 Å². The average molecular weight is 321 g/mol. The first-order valence-electron chi connectivity index (χ1n) is 8.19. The van der Waals surface area contributed by atoms with Gasteiger partial charge in [0.1, 0.15) is 0 Å². The van der Waals surface area contributed by atoms with Crippen LogP contribution in [0.3, 0.4) is 0 Å². The largest absolute Gasteiger partial charge is 0.375 e. The number of hydrogen-bond donors (Lipinski definition) is 2. The van der Waals surface area contributed by atoms with Crippen molar-refractivity contribution in [2.45, 2.75) is 32.4 Å². The number of carbonyl (C=O) groups excluding carboxylic acids is 1. The summed E-state index contributed by atoms with van der Waals surface area (Å²) in [7, 11) is 5.69. The Labute approximate surface area is 140 Å². The lowest BCUT2D eigenvalue weighted by Gasteiger charge is -2.24. The summed E-state index contributed by atoms with van der Waals surface area (Å²) in [4.78, 5) is 14.3. The number of likely N-dealkylation sites (N-methyl/N-ethyl adjacent to an activating group) is 1. The fourth-order valence-electron chi connectivity index (χ4n) is 2.62. The number of carbonyl (C=O) groups is 1. The number of amides is 2. The van der Waals surface area contributed by atoms with Gasteiger partial charge in [0, 0.05) is 26.2 Å². The van der Waals surface area contributed by atoms with Crippen molar-refractivity contribution < 1.29 is 9.53 Å². The van der Waals surface area contributed by atoms with Crippen molar-refractivity contribution >= 4 is 6.03 Å². The molecule has 0 heterocycles. The van der Waals surface area contributed by atoms with Crippen molar-refractivity contribution in [3.63, 3.8) is 0 Å². The third-order valence-corrected chi connectivity index (χ3v) is 3.58. The zero-order valence-corrected chi connectivity index (χ0v) is 15.0. The Morgan fingerprint density at radius 3 is 2.39 bits per heavy atom. The van der Waals surface area contributed by atoms with Crippen LogP contribution in [0.5, 0.6) is 0 Å². The van der Waals surface area contributed by atoms with E-state index >= 15 is 0 Å². The highest BCUT2D eigenvalue weighted by Crippen LogP contribution is 2.14. The molecule has 0 aromatic heterocycles. The monoisotopic (exact) mass is 321 g/mol. The van der Waals surface area contributed by atoms with Crippen molar-refractivity contribution in [3.05, 3.63) is 35.9 Å². The van der Waals surface area contributed by atoms with Gasteiger partial charge in [-0.15, -0.1) is 0 Å². The topological polar surface area (TPSA) is 53.6 Å². The minimum absolute atomic E-state index is 0.139. The van der Waals surface area contributed by atoms with Crippen molar-refractivity contribution in [2.75, 3.05) is 34.3 Å². The second-order valence-electron chi connectivity index (χ2n) is 6.58. The van der Waals surface area contributed by atoms with E-state index in [9.17, 15) is 4.79 Å². The van der Waals surface area contributed by atoms with E-state index in [0.29, 0.717) is 12.5 Å². The molecule has 0 aliphatic heterocycles. The molecule has 0 saturated heterocycles. The molecule has 0 aliphatic rings. The van der Waals surface area contributed by atoms with E-state index in [0.717, 1.165) is 18.5 Å². The summed E-state index contributed by atoms with van der Waals surface area (Å²) in [5, 5.41) is 5.98. The van der Waals surface area contributed by atoms with Gasteiger partial charge in [0.05, 0.1) is 6.10 Å². The second kappa shape index (κ2) is 10.2. The normalized spacial score (nSPS) is 13.9. The number of methoxy groups -OCH3 is 1. The van der Waals surface area contributed by atoms with E-state index < -0.39 is 0 Å². The molecule has 0 saturated carbocycles. The SMILES string of the molecule is COC(CNC(=O)NC(CC(C)C)CN(C)C)c1ccccc1. The van der Waals surface area contributed by atoms with E-state index in [1.165, 1.54) is 0 Å². The molecule has 0 spiro atoms. The zero-order chi connectivity index (χ0) is 17.2. The molecule has 2 N–H and O–H groups in total. The molecule has 23 heavy (non-hydrogen) atoms. The molecule has 0 radical (unpaired) electrons. The number of benzene rings is 1. The predicted octanol–water partition coefficient (Wildman–Crippen LogP) is 2.65. The summed E-state index contributed by atoms with van der Waals surface area (Å²) in [6.07, 6.45) is 0.817. The van der Waals surface area contributed by atoms with Crippen LogP contribution < -0.4 is 10.6 Å². The molecule has 5 nitrogen and oxygen atoms in total. The van der Waals surface area contributed by atoms with Crippen molar-refractivity contribution in [1.29, 1.82) is 0 Å².